The van der Waals surface area contributed by atoms with Crippen LogP contribution >= 0.6 is 15.9 Å². The van der Waals surface area contributed by atoms with Gasteiger partial charge in [-0.25, -0.2) is 21.9 Å². The van der Waals surface area contributed by atoms with Crippen LogP contribution in [0.5, 0.6) is 0 Å². The van der Waals surface area contributed by atoms with Crippen molar-refractivity contribution in [3.8, 4) is 0 Å². The van der Waals surface area contributed by atoms with Gasteiger partial charge in [-0.2, -0.15) is 0 Å². The number of rotatable bonds is 5. The quantitative estimate of drug-likeness (QED) is 0.812. The van der Waals surface area contributed by atoms with Gasteiger partial charge in [0.15, 0.2) is 0 Å². The minimum Gasteiger partial charge on any atom is -0.350 e. The molecule has 9 heteroatoms. The Bertz CT molecular complexity index is 639. The Labute approximate surface area is 130 Å². The first-order chi connectivity index (χ1) is 9.41. The molecule has 0 fully saturated rings. The molecule has 0 radical (unpaired) electrons. The molecule has 0 aliphatic carbocycles. The summed E-state index contributed by atoms with van der Waals surface area (Å²) in [6.07, 6.45) is 0.977. The van der Waals surface area contributed by atoms with Gasteiger partial charge in [0.2, 0.25) is 10.0 Å². The predicted molar refractivity (Wildman–Crippen MR) is 78.4 cm³/mol. The van der Waals surface area contributed by atoms with Crippen LogP contribution in [0, 0.1) is 11.6 Å². The molecule has 0 unspecified atom stereocenters. The molecule has 0 saturated heterocycles. The second-order valence-corrected chi connectivity index (χ2v) is 7.85. The maximum absolute atomic E-state index is 13.6. The number of carbonyl (C=O) groups excluding carboxylic acids is 1. The zero-order valence-electron chi connectivity index (χ0n) is 11.6. The Morgan fingerprint density at radius 1 is 1.29 bits per heavy atom. The van der Waals surface area contributed by atoms with E-state index < -0.39 is 38.7 Å². The molecule has 2 N–H and O–H groups in total. The van der Waals surface area contributed by atoms with Crippen LogP contribution in [0.1, 0.15) is 24.2 Å². The predicted octanol–water partition coefficient (Wildman–Crippen LogP) is 1.78. The molecule has 1 aromatic carbocycles. The van der Waals surface area contributed by atoms with E-state index in [-0.39, 0.29) is 11.0 Å². The fraction of sp³-hybridized carbons (Fsp3) is 0.417. The van der Waals surface area contributed by atoms with Gasteiger partial charge >= 0.3 is 0 Å². The van der Waals surface area contributed by atoms with Gasteiger partial charge in [0.25, 0.3) is 5.91 Å². The van der Waals surface area contributed by atoms with Crippen molar-refractivity contribution in [3.63, 3.8) is 0 Å². The Morgan fingerprint density at radius 2 is 1.76 bits per heavy atom. The smallest absolute Gasteiger partial charge is 0.257 e. The molecule has 118 valence electrons. The van der Waals surface area contributed by atoms with Gasteiger partial charge in [-0.1, -0.05) is 15.9 Å². The third kappa shape index (κ3) is 5.68. The van der Waals surface area contributed by atoms with E-state index in [0.717, 1.165) is 18.4 Å². The Hall–Kier alpha value is -1.06. The molecule has 0 aliphatic heterocycles. The molecule has 0 saturated carbocycles. The van der Waals surface area contributed by atoms with Crippen molar-refractivity contribution in [1.82, 2.24) is 10.0 Å². The van der Waals surface area contributed by atoms with Crippen molar-refractivity contribution < 1.29 is 22.0 Å². The third-order valence-corrected chi connectivity index (χ3v) is 3.77. The summed E-state index contributed by atoms with van der Waals surface area (Å²) in [5.41, 5.74) is -1.71. The van der Waals surface area contributed by atoms with Crippen molar-refractivity contribution >= 4 is 31.9 Å². The summed E-state index contributed by atoms with van der Waals surface area (Å²) < 4.78 is 52.0. The molecule has 1 aromatic rings. The molecule has 0 spiro atoms. The average Bonchev–Trinajstić information content (AvgIpc) is 2.21. The Kier molecular flexibility index (Phi) is 5.46. The van der Waals surface area contributed by atoms with Gasteiger partial charge < -0.3 is 5.32 Å². The van der Waals surface area contributed by atoms with Crippen LogP contribution in [-0.2, 0) is 10.0 Å². The summed E-state index contributed by atoms with van der Waals surface area (Å²) in [6.45, 7) is 2.93. The number of benzene rings is 1. The van der Waals surface area contributed by atoms with Gasteiger partial charge in [-0.05, 0) is 26.0 Å². The Morgan fingerprint density at radius 3 is 2.19 bits per heavy atom. The van der Waals surface area contributed by atoms with Crippen molar-refractivity contribution in [2.24, 2.45) is 0 Å². The minimum absolute atomic E-state index is 0.131. The highest BCUT2D eigenvalue weighted by Gasteiger charge is 2.25. The number of carbonyl (C=O) groups is 1. The van der Waals surface area contributed by atoms with Gasteiger partial charge in [0.05, 0.1) is 6.26 Å². The number of hydrogen-bond donors (Lipinski definition) is 2. The third-order valence-electron chi connectivity index (χ3n) is 2.39. The van der Waals surface area contributed by atoms with Crippen molar-refractivity contribution in [2.75, 3.05) is 12.8 Å². The lowest BCUT2D eigenvalue weighted by Crippen LogP contribution is -2.51. The van der Waals surface area contributed by atoms with Crippen LogP contribution in [0.25, 0.3) is 0 Å². The normalized spacial score (nSPS) is 12.3. The van der Waals surface area contributed by atoms with E-state index in [2.05, 4.69) is 26.0 Å². The Balaban J connectivity index is 2.84. The topological polar surface area (TPSA) is 75.3 Å². The summed E-state index contributed by atoms with van der Waals surface area (Å²) in [4.78, 5) is 11.8. The van der Waals surface area contributed by atoms with Gasteiger partial charge in [0, 0.05) is 16.6 Å². The van der Waals surface area contributed by atoms with E-state index in [9.17, 15) is 22.0 Å². The summed E-state index contributed by atoms with van der Waals surface area (Å²) in [5.74, 6) is -2.97. The maximum Gasteiger partial charge on any atom is 0.257 e. The summed E-state index contributed by atoms with van der Waals surface area (Å²) in [6, 6.07) is 1.94. The number of amides is 1. The molecule has 0 heterocycles. The molecule has 21 heavy (non-hydrogen) atoms. The molecule has 5 nitrogen and oxygen atoms in total. The highest BCUT2D eigenvalue weighted by molar-refractivity contribution is 9.10. The number of nitrogens with one attached hydrogen (secondary N) is 2. The summed E-state index contributed by atoms with van der Waals surface area (Å²) in [7, 11) is -3.47. The highest BCUT2D eigenvalue weighted by Crippen LogP contribution is 2.19. The van der Waals surface area contributed by atoms with Crippen molar-refractivity contribution in [3.05, 3.63) is 33.8 Å². The van der Waals surface area contributed by atoms with Crippen LogP contribution in [-0.4, -0.2) is 32.7 Å². The first kappa shape index (κ1) is 18.0. The molecule has 1 amide bonds. The molecular weight excluding hydrogens is 370 g/mol. The van der Waals surface area contributed by atoms with Crippen molar-refractivity contribution in [2.45, 2.75) is 19.4 Å². The van der Waals surface area contributed by atoms with Gasteiger partial charge in [-0.3, -0.25) is 4.79 Å². The minimum atomic E-state index is -3.47. The van der Waals surface area contributed by atoms with E-state index in [4.69, 9.17) is 0 Å². The lowest BCUT2D eigenvalue weighted by atomic mass is 10.1. The first-order valence-electron chi connectivity index (χ1n) is 5.83. The molecular formula is C12H15BrF2N2O3S. The fourth-order valence-electron chi connectivity index (χ4n) is 1.69. The molecule has 0 aliphatic rings. The largest absolute Gasteiger partial charge is 0.350 e. The van der Waals surface area contributed by atoms with Crippen LogP contribution in [0.2, 0.25) is 0 Å². The van der Waals surface area contributed by atoms with E-state index in [1.807, 2.05) is 0 Å². The zero-order chi connectivity index (χ0) is 16.4. The van der Waals surface area contributed by atoms with Crippen LogP contribution in [0.4, 0.5) is 8.78 Å². The number of sulfonamides is 1. The van der Waals surface area contributed by atoms with Gasteiger partial charge in [-0.15, -0.1) is 0 Å². The maximum atomic E-state index is 13.6. The number of hydrogen-bond acceptors (Lipinski definition) is 3. The van der Waals surface area contributed by atoms with E-state index in [1.54, 1.807) is 0 Å². The average molecular weight is 385 g/mol. The SMILES string of the molecule is CC(C)(CNC(=O)c1c(F)cc(Br)cc1F)NS(C)(=O)=O. The summed E-state index contributed by atoms with van der Waals surface area (Å²) >= 11 is 2.91. The lowest BCUT2D eigenvalue weighted by molar-refractivity contribution is 0.0936. The van der Waals surface area contributed by atoms with Crippen LogP contribution in [0.15, 0.2) is 16.6 Å². The van der Waals surface area contributed by atoms with Gasteiger partial charge in [0.1, 0.15) is 17.2 Å². The van der Waals surface area contributed by atoms with E-state index in [0.29, 0.717) is 0 Å². The molecule has 0 bridgehead atoms. The van der Waals surface area contributed by atoms with E-state index >= 15 is 0 Å². The summed E-state index contributed by atoms with van der Waals surface area (Å²) in [5, 5.41) is 2.30. The zero-order valence-corrected chi connectivity index (χ0v) is 14.0. The van der Waals surface area contributed by atoms with Crippen molar-refractivity contribution in [1.29, 1.82) is 0 Å². The second kappa shape index (κ2) is 6.37. The van der Waals surface area contributed by atoms with Crippen LogP contribution < -0.4 is 10.0 Å². The highest BCUT2D eigenvalue weighted by atomic mass is 79.9. The lowest BCUT2D eigenvalue weighted by Gasteiger charge is -2.25. The molecule has 0 atom stereocenters. The standard InChI is InChI=1S/C12H15BrF2N2O3S/c1-12(2,17-21(3,19)20)6-16-11(18)10-8(14)4-7(13)5-9(10)15/h4-5,17H,6H2,1-3H3,(H,16,18). The second-order valence-electron chi connectivity index (χ2n) is 5.19. The fourth-order valence-corrected chi connectivity index (χ4v) is 3.16. The molecule has 0 aromatic heterocycles. The van der Waals surface area contributed by atoms with E-state index in [1.165, 1.54) is 13.8 Å². The number of halogens is 3. The first-order valence-corrected chi connectivity index (χ1v) is 8.51. The molecule has 1 rings (SSSR count). The van der Waals surface area contributed by atoms with Crippen LogP contribution in [0.3, 0.4) is 0 Å². The monoisotopic (exact) mass is 384 g/mol.